The molecule has 1 atom stereocenters. The van der Waals surface area contributed by atoms with Crippen molar-refractivity contribution in [2.24, 2.45) is 0 Å². The van der Waals surface area contributed by atoms with Gasteiger partial charge in [-0.2, -0.15) is 9.65 Å². The van der Waals surface area contributed by atoms with E-state index in [2.05, 4.69) is 6.07 Å². The zero-order valence-electron chi connectivity index (χ0n) is 10.3. The summed E-state index contributed by atoms with van der Waals surface area (Å²) in [6, 6.07) is 5.96. The monoisotopic (exact) mass is 251 g/mol. The van der Waals surface area contributed by atoms with Gasteiger partial charge in [-0.25, -0.2) is 0 Å². The van der Waals surface area contributed by atoms with E-state index in [1.54, 1.807) is 0 Å². The molecule has 1 rings (SSSR count). The second kappa shape index (κ2) is 6.07. The number of benzene rings is 1. The van der Waals surface area contributed by atoms with Gasteiger partial charge in [-0.1, -0.05) is 6.07 Å². The van der Waals surface area contributed by atoms with Gasteiger partial charge in [0.25, 0.3) is 0 Å². The highest BCUT2D eigenvalue weighted by Gasteiger charge is 2.15. The van der Waals surface area contributed by atoms with E-state index in [0.29, 0.717) is 18.5 Å². The summed E-state index contributed by atoms with van der Waals surface area (Å²) in [4.78, 5) is 11.6. The molecule has 0 spiro atoms. The van der Waals surface area contributed by atoms with Crippen LogP contribution >= 0.6 is 0 Å². The Kier molecular flexibility index (Phi) is 4.75. The first-order chi connectivity index (χ1) is 8.45. The van der Waals surface area contributed by atoms with Gasteiger partial charge in [0.15, 0.2) is 0 Å². The van der Waals surface area contributed by atoms with Gasteiger partial charge in [0, 0.05) is 18.7 Å². The van der Waals surface area contributed by atoms with E-state index in [1.165, 1.54) is 6.07 Å². The number of nitriles is 1. The molecule has 18 heavy (non-hydrogen) atoms. The van der Waals surface area contributed by atoms with Crippen molar-refractivity contribution in [1.82, 2.24) is 4.90 Å². The lowest BCUT2D eigenvalue weighted by Crippen LogP contribution is -2.28. The minimum Gasteiger partial charge on any atom is -0.298 e. The average molecular weight is 251 g/mol. The van der Waals surface area contributed by atoms with E-state index in [4.69, 9.17) is 5.26 Å². The van der Waals surface area contributed by atoms with Crippen LogP contribution in [0.25, 0.3) is 0 Å². The number of rotatable bonds is 5. The Bertz CT molecular complexity index is 485. The summed E-state index contributed by atoms with van der Waals surface area (Å²) in [7, 11) is 1.82. The molecule has 0 aliphatic rings. The second-order valence-electron chi connectivity index (χ2n) is 4.17. The van der Waals surface area contributed by atoms with Gasteiger partial charge in [-0.15, -0.1) is 0 Å². The lowest BCUT2D eigenvalue weighted by molar-refractivity contribution is -0.387. The minimum absolute atomic E-state index is 0.0493. The number of hydrogen-bond donors (Lipinski definition) is 0. The van der Waals surface area contributed by atoms with E-state index >= 15 is 0 Å². The van der Waals surface area contributed by atoms with E-state index in [9.17, 15) is 14.5 Å². The summed E-state index contributed by atoms with van der Waals surface area (Å²) in [5.74, 6) is -0.834. The zero-order valence-corrected chi connectivity index (χ0v) is 10.3. The molecule has 0 heterocycles. The number of hydrogen-bond acceptors (Lipinski definition) is 4. The number of nitro groups is 1. The summed E-state index contributed by atoms with van der Waals surface area (Å²) in [5, 5.41) is 19.0. The summed E-state index contributed by atoms with van der Waals surface area (Å²) in [5.41, 5.74) is 0.122. The van der Waals surface area contributed by atoms with Crippen LogP contribution in [-0.2, 0) is 6.54 Å². The van der Waals surface area contributed by atoms with Crippen LogP contribution in [-0.4, -0.2) is 22.9 Å². The quantitative estimate of drug-likeness (QED) is 0.595. The molecule has 0 bridgehead atoms. The molecule has 0 aliphatic heterocycles. The number of nitro benzene ring substituents is 1. The van der Waals surface area contributed by atoms with E-state index < -0.39 is 16.4 Å². The standard InChI is InChI=1S/C12H14FN3O2/c1-9(5-6-14)15(2)8-10-3-4-12(16(17)18)11(13)7-10/h3-4,7,9H,5,8H2,1-2H3. The highest BCUT2D eigenvalue weighted by atomic mass is 19.1. The smallest absolute Gasteiger partial charge is 0.298 e. The Morgan fingerprint density at radius 3 is 2.78 bits per heavy atom. The van der Waals surface area contributed by atoms with E-state index in [1.807, 2.05) is 18.9 Å². The average Bonchev–Trinajstić information content (AvgIpc) is 2.28. The third-order valence-electron chi connectivity index (χ3n) is 2.78. The third-order valence-corrected chi connectivity index (χ3v) is 2.78. The molecule has 96 valence electrons. The molecule has 0 saturated heterocycles. The maximum absolute atomic E-state index is 13.4. The molecule has 5 nitrogen and oxygen atoms in total. The Morgan fingerprint density at radius 2 is 2.28 bits per heavy atom. The molecule has 0 aliphatic carbocycles. The largest absolute Gasteiger partial charge is 0.304 e. The van der Waals surface area contributed by atoms with Crippen LogP contribution in [0, 0.1) is 27.3 Å². The highest BCUT2D eigenvalue weighted by Crippen LogP contribution is 2.19. The lowest BCUT2D eigenvalue weighted by Gasteiger charge is -2.22. The molecular formula is C12H14FN3O2. The molecule has 0 N–H and O–H groups in total. The second-order valence-corrected chi connectivity index (χ2v) is 4.17. The van der Waals surface area contributed by atoms with Crippen molar-refractivity contribution in [3.8, 4) is 6.07 Å². The van der Waals surface area contributed by atoms with Crippen LogP contribution in [0.2, 0.25) is 0 Å². The Labute approximate surface area is 105 Å². The maximum atomic E-state index is 13.4. The number of nitrogens with zero attached hydrogens (tertiary/aromatic N) is 3. The molecule has 0 aromatic heterocycles. The van der Waals surface area contributed by atoms with Crippen molar-refractivity contribution in [3.63, 3.8) is 0 Å². The molecule has 0 saturated carbocycles. The van der Waals surface area contributed by atoms with Gasteiger partial charge in [-0.3, -0.25) is 15.0 Å². The SMILES string of the molecule is CC(CC#N)N(C)Cc1ccc([N+](=O)[O-])c(F)c1. The van der Waals surface area contributed by atoms with Crippen LogP contribution < -0.4 is 0 Å². The van der Waals surface area contributed by atoms with Crippen molar-refractivity contribution in [2.75, 3.05) is 7.05 Å². The topological polar surface area (TPSA) is 70.2 Å². The van der Waals surface area contributed by atoms with Gasteiger partial charge in [0.1, 0.15) is 0 Å². The summed E-state index contributed by atoms with van der Waals surface area (Å²) in [6.45, 7) is 2.34. The maximum Gasteiger partial charge on any atom is 0.304 e. The molecule has 1 unspecified atom stereocenters. The Balaban J connectivity index is 2.78. The lowest BCUT2D eigenvalue weighted by atomic mass is 10.1. The van der Waals surface area contributed by atoms with Crippen LogP contribution in [0.5, 0.6) is 0 Å². The van der Waals surface area contributed by atoms with Crippen molar-refractivity contribution >= 4 is 5.69 Å². The fourth-order valence-corrected chi connectivity index (χ4v) is 1.53. The van der Waals surface area contributed by atoms with Crippen LogP contribution in [0.15, 0.2) is 18.2 Å². The van der Waals surface area contributed by atoms with Crippen LogP contribution in [0.3, 0.4) is 0 Å². The van der Waals surface area contributed by atoms with E-state index in [0.717, 1.165) is 12.1 Å². The van der Waals surface area contributed by atoms with Gasteiger partial charge >= 0.3 is 5.69 Å². The third kappa shape index (κ3) is 3.50. The molecule has 1 aromatic carbocycles. The van der Waals surface area contributed by atoms with Crippen molar-refractivity contribution in [1.29, 1.82) is 5.26 Å². The van der Waals surface area contributed by atoms with Crippen LogP contribution in [0.4, 0.5) is 10.1 Å². The van der Waals surface area contributed by atoms with Gasteiger partial charge in [0.05, 0.1) is 17.4 Å². The molecule has 0 fully saturated rings. The van der Waals surface area contributed by atoms with Gasteiger partial charge in [0.2, 0.25) is 5.82 Å². The predicted molar refractivity (Wildman–Crippen MR) is 64.2 cm³/mol. The first-order valence-corrected chi connectivity index (χ1v) is 5.45. The summed E-state index contributed by atoms with van der Waals surface area (Å²) in [6.07, 6.45) is 0.381. The first kappa shape index (κ1) is 14.1. The first-order valence-electron chi connectivity index (χ1n) is 5.45. The van der Waals surface area contributed by atoms with Gasteiger partial charge in [-0.05, 0) is 25.6 Å². The number of halogens is 1. The van der Waals surface area contributed by atoms with Crippen molar-refractivity contribution < 1.29 is 9.31 Å². The Morgan fingerprint density at radius 1 is 1.61 bits per heavy atom. The van der Waals surface area contributed by atoms with Crippen molar-refractivity contribution in [3.05, 3.63) is 39.7 Å². The summed E-state index contributed by atoms with van der Waals surface area (Å²) >= 11 is 0. The molecule has 1 aromatic rings. The zero-order chi connectivity index (χ0) is 13.7. The fourth-order valence-electron chi connectivity index (χ4n) is 1.53. The molecule has 0 amide bonds. The molecular weight excluding hydrogens is 237 g/mol. The van der Waals surface area contributed by atoms with E-state index in [-0.39, 0.29) is 6.04 Å². The molecule has 6 heteroatoms. The predicted octanol–water partition coefficient (Wildman–Crippen LogP) is 2.47. The fraction of sp³-hybridized carbons (Fsp3) is 0.417. The Hall–Kier alpha value is -2.00. The minimum atomic E-state index is -0.834. The highest BCUT2D eigenvalue weighted by molar-refractivity contribution is 5.34. The van der Waals surface area contributed by atoms with Gasteiger partial charge < -0.3 is 0 Å². The van der Waals surface area contributed by atoms with Crippen LogP contribution in [0.1, 0.15) is 18.9 Å². The summed E-state index contributed by atoms with van der Waals surface area (Å²) < 4.78 is 13.4. The normalized spacial score (nSPS) is 12.2. The molecule has 0 radical (unpaired) electrons. The van der Waals surface area contributed by atoms with Crippen molar-refractivity contribution in [2.45, 2.75) is 25.9 Å².